The minimum absolute atomic E-state index is 0.0435. The molecule has 0 spiro atoms. The van der Waals surface area contributed by atoms with Gasteiger partial charge >= 0.3 is 0 Å². The quantitative estimate of drug-likeness (QED) is 0.290. The smallest absolute Gasteiger partial charge is 0.228 e. The number of carbonyl (C=O) groups is 1. The number of thioether (sulfide) groups is 1. The zero-order chi connectivity index (χ0) is 22.3. The third-order valence-electron chi connectivity index (χ3n) is 4.99. The van der Waals surface area contributed by atoms with E-state index in [1.165, 1.54) is 5.56 Å². The van der Waals surface area contributed by atoms with Gasteiger partial charge in [-0.15, -0.1) is 11.8 Å². The molecule has 32 heavy (non-hydrogen) atoms. The Morgan fingerprint density at radius 3 is 2.62 bits per heavy atom. The molecule has 0 aliphatic rings. The van der Waals surface area contributed by atoms with E-state index < -0.39 is 0 Å². The fourth-order valence-electron chi connectivity index (χ4n) is 3.18. The summed E-state index contributed by atoms with van der Waals surface area (Å²) in [5.41, 5.74) is 4.86. The molecule has 2 aromatic carbocycles. The second-order valence-electron chi connectivity index (χ2n) is 7.38. The highest BCUT2D eigenvalue weighted by Gasteiger charge is 2.11. The highest BCUT2D eigenvalue weighted by Crippen LogP contribution is 2.30. The number of para-hydroxylation sites is 1. The Labute approximate surface area is 195 Å². The monoisotopic (exact) mass is 464 g/mol. The van der Waals surface area contributed by atoms with Gasteiger partial charge < -0.3 is 14.6 Å². The third kappa shape index (κ3) is 5.81. The van der Waals surface area contributed by atoms with Crippen LogP contribution in [0.15, 0.2) is 74.8 Å². The van der Waals surface area contributed by atoms with Gasteiger partial charge in [-0.25, -0.2) is 0 Å². The van der Waals surface area contributed by atoms with Gasteiger partial charge in [-0.05, 0) is 66.1 Å². The van der Waals surface area contributed by atoms with Gasteiger partial charge in [-0.3, -0.25) is 4.79 Å². The lowest BCUT2D eigenvalue weighted by Gasteiger charge is -2.11. The van der Waals surface area contributed by atoms with Crippen LogP contribution in [-0.4, -0.2) is 11.1 Å². The Kier molecular flexibility index (Phi) is 7.29. The van der Waals surface area contributed by atoms with Gasteiger partial charge in [0.05, 0.1) is 23.4 Å². The number of nitrogens with zero attached hydrogens (tertiary/aromatic N) is 1. The number of amides is 1. The SMILES string of the molecule is Cc1noc(C)c1COc1ccc(CC(=O)Nc2ccccc2SCc2ccsc2)cc1. The average molecular weight is 465 g/mol. The van der Waals surface area contributed by atoms with Crippen molar-refractivity contribution in [2.75, 3.05) is 5.32 Å². The molecule has 164 valence electrons. The van der Waals surface area contributed by atoms with E-state index in [0.29, 0.717) is 13.0 Å². The molecule has 7 heteroatoms. The predicted octanol–water partition coefficient (Wildman–Crippen LogP) is 6.41. The highest BCUT2D eigenvalue weighted by atomic mass is 32.2. The van der Waals surface area contributed by atoms with Crippen molar-refractivity contribution in [2.45, 2.75) is 37.5 Å². The molecule has 0 fully saturated rings. The van der Waals surface area contributed by atoms with Crippen LogP contribution in [0.1, 0.15) is 28.1 Å². The molecule has 0 saturated heterocycles. The van der Waals surface area contributed by atoms with Crippen LogP contribution < -0.4 is 10.1 Å². The molecule has 4 rings (SSSR count). The van der Waals surface area contributed by atoms with Crippen LogP contribution in [0.4, 0.5) is 5.69 Å². The minimum Gasteiger partial charge on any atom is -0.489 e. The molecule has 1 amide bonds. The van der Waals surface area contributed by atoms with Gasteiger partial charge in [0.25, 0.3) is 0 Å². The Hall–Kier alpha value is -3.03. The number of ether oxygens (including phenoxy) is 1. The summed E-state index contributed by atoms with van der Waals surface area (Å²) in [4.78, 5) is 13.7. The van der Waals surface area contributed by atoms with Crippen LogP contribution in [0.2, 0.25) is 0 Å². The number of carbonyl (C=O) groups excluding carboxylic acids is 1. The first-order chi connectivity index (χ1) is 15.6. The number of anilines is 1. The number of nitrogens with one attached hydrogen (secondary N) is 1. The van der Waals surface area contributed by atoms with Gasteiger partial charge in [-0.2, -0.15) is 11.3 Å². The molecule has 0 saturated carbocycles. The summed E-state index contributed by atoms with van der Waals surface area (Å²) in [5, 5.41) is 11.2. The number of hydrogen-bond donors (Lipinski definition) is 1. The van der Waals surface area contributed by atoms with Crippen molar-refractivity contribution in [3.63, 3.8) is 0 Å². The molecular weight excluding hydrogens is 440 g/mol. The van der Waals surface area contributed by atoms with Crippen molar-refractivity contribution in [2.24, 2.45) is 0 Å². The number of aryl methyl sites for hydroxylation is 2. The standard InChI is InChI=1S/C25H24N2O3S2/c1-17-22(18(2)30-27-17)14-29-21-9-7-19(8-10-21)13-25(28)26-23-5-3-4-6-24(23)32-16-20-11-12-31-15-20/h3-12,15H,13-14,16H2,1-2H3,(H,26,28). The van der Waals surface area contributed by atoms with E-state index in [9.17, 15) is 4.79 Å². The minimum atomic E-state index is -0.0435. The van der Waals surface area contributed by atoms with Crippen molar-refractivity contribution in [3.05, 3.63) is 93.5 Å². The van der Waals surface area contributed by atoms with Gasteiger partial charge in [0.15, 0.2) is 0 Å². The van der Waals surface area contributed by atoms with E-state index in [0.717, 1.165) is 44.7 Å². The maximum Gasteiger partial charge on any atom is 0.228 e. The second kappa shape index (κ2) is 10.5. The normalized spacial score (nSPS) is 10.8. The predicted molar refractivity (Wildman–Crippen MR) is 129 cm³/mol. The lowest BCUT2D eigenvalue weighted by atomic mass is 10.1. The number of benzene rings is 2. The molecule has 2 heterocycles. The van der Waals surface area contributed by atoms with Gasteiger partial charge in [0, 0.05) is 10.6 Å². The summed E-state index contributed by atoms with van der Waals surface area (Å²) in [6.45, 7) is 4.18. The summed E-state index contributed by atoms with van der Waals surface area (Å²) in [6.07, 6.45) is 0.299. The molecule has 2 aromatic heterocycles. The summed E-state index contributed by atoms with van der Waals surface area (Å²) >= 11 is 3.42. The number of hydrogen-bond acceptors (Lipinski definition) is 6. The largest absolute Gasteiger partial charge is 0.489 e. The lowest BCUT2D eigenvalue weighted by molar-refractivity contribution is -0.115. The third-order valence-corrected chi connectivity index (χ3v) is 6.86. The zero-order valence-electron chi connectivity index (χ0n) is 18.0. The van der Waals surface area contributed by atoms with Crippen LogP contribution in [0, 0.1) is 13.8 Å². The first-order valence-electron chi connectivity index (χ1n) is 10.2. The van der Waals surface area contributed by atoms with Crippen molar-refractivity contribution < 1.29 is 14.1 Å². The summed E-state index contributed by atoms with van der Waals surface area (Å²) in [7, 11) is 0. The van der Waals surface area contributed by atoms with E-state index in [-0.39, 0.29) is 5.91 Å². The molecule has 0 bridgehead atoms. The summed E-state index contributed by atoms with van der Waals surface area (Å²) in [6, 6.07) is 17.6. The van der Waals surface area contributed by atoms with E-state index in [4.69, 9.17) is 9.26 Å². The van der Waals surface area contributed by atoms with Gasteiger partial charge in [0.1, 0.15) is 18.1 Å². The van der Waals surface area contributed by atoms with E-state index >= 15 is 0 Å². The highest BCUT2D eigenvalue weighted by molar-refractivity contribution is 7.98. The molecule has 0 aliphatic carbocycles. The average Bonchev–Trinajstić information content (AvgIpc) is 3.42. The molecule has 0 radical (unpaired) electrons. The van der Waals surface area contributed by atoms with Crippen LogP contribution >= 0.6 is 23.1 Å². The van der Waals surface area contributed by atoms with Crippen molar-refractivity contribution in [1.29, 1.82) is 0 Å². The van der Waals surface area contributed by atoms with E-state index in [1.54, 1.807) is 23.1 Å². The Bertz CT molecular complexity index is 1150. The molecular formula is C25H24N2O3S2. The summed E-state index contributed by atoms with van der Waals surface area (Å²) < 4.78 is 11.0. The molecule has 4 aromatic rings. The molecule has 0 unspecified atom stereocenters. The van der Waals surface area contributed by atoms with Crippen LogP contribution in [0.3, 0.4) is 0 Å². The molecule has 5 nitrogen and oxygen atoms in total. The number of rotatable bonds is 9. The Morgan fingerprint density at radius 2 is 1.91 bits per heavy atom. The van der Waals surface area contributed by atoms with Crippen molar-refractivity contribution in [1.82, 2.24) is 5.16 Å². The zero-order valence-corrected chi connectivity index (χ0v) is 19.6. The maximum absolute atomic E-state index is 12.6. The van der Waals surface area contributed by atoms with Gasteiger partial charge in [0.2, 0.25) is 5.91 Å². The van der Waals surface area contributed by atoms with Crippen molar-refractivity contribution in [3.8, 4) is 5.75 Å². The number of aromatic nitrogens is 1. The topological polar surface area (TPSA) is 64.4 Å². The van der Waals surface area contributed by atoms with Crippen LogP contribution in [-0.2, 0) is 23.6 Å². The Morgan fingerprint density at radius 1 is 1.09 bits per heavy atom. The molecule has 0 aliphatic heterocycles. The lowest BCUT2D eigenvalue weighted by Crippen LogP contribution is -2.14. The fourth-order valence-corrected chi connectivity index (χ4v) is 4.90. The second-order valence-corrected chi connectivity index (χ2v) is 9.17. The van der Waals surface area contributed by atoms with E-state index in [1.807, 2.05) is 62.4 Å². The van der Waals surface area contributed by atoms with Crippen LogP contribution in [0.5, 0.6) is 5.75 Å². The fraction of sp³-hybridized carbons (Fsp3) is 0.200. The van der Waals surface area contributed by atoms with Crippen LogP contribution in [0.25, 0.3) is 0 Å². The van der Waals surface area contributed by atoms with Gasteiger partial charge in [-0.1, -0.05) is 29.4 Å². The first kappa shape index (κ1) is 22.2. The van der Waals surface area contributed by atoms with E-state index in [2.05, 4.69) is 27.3 Å². The summed E-state index contributed by atoms with van der Waals surface area (Å²) in [5.74, 6) is 2.35. The maximum atomic E-state index is 12.6. The molecule has 0 atom stereocenters. The Balaban J connectivity index is 1.31. The van der Waals surface area contributed by atoms with Crippen molar-refractivity contribution >= 4 is 34.7 Å². The number of thiophene rings is 1. The molecule has 1 N–H and O–H groups in total. The first-order valence-corrected chi connectivity index (χ1v) is 12.2.